The second-order valence-electron chi connectivity index (χ2n) is 7.54. The van der Waals surface area contributed by atoms with Gasteiger partial charge in [0, 0.05) is 6.92 Å². The molecular weight excluding hydrogens is 436 g/mol. The SMILES string of the molecule is COC(=O)C1=C(C(=O)OC)N(c2ccc(C)cc2NC(C)=O)C(N)=C(C#N)C1c1ccccc1. The standard InChI is InChI=1S/C25H24N4O5/c1-14-10-11-19(18(12-14)28-15(2)30)29-22(25(32)34-4)21(24(31)33-3)20(17(13-26)23(29)27)16-8-6-5-7-9-16/h5-12,20H,27H2,1-4H3,(H,28,30). The van der Waals surface area contributed by atoms with Gasteiger partial charge in [0.05, 0.1) is 48.7 Å². The normalized spacial score (nSPS) is 15.5. The molecule has 34 heavy (non-hydrogen) atoms. The van der Waals surface area contributed by atoms with E-state index in [1.165, 1.54) is 26.0 Å². The zero-order valence-electron chi connectivity index (χ0n) is 19.2. The van der Waals surface area contributed by atoms with Crippen LogP contribution in [0.4, 0.5) is 11.4 Å². The first kappa shape index (κ1) is 24.1. The molecule has 0 fully saturated rings. The molecular formula is C25H24N4O5. The zero-order valence-corrected chi connectivity index (χ0v) is 19.2. The van der Waals surface area contributed by atoms with Gasteiger partial charge in [-0.2, -0.15) is 5.26 Å². The number of anilines is 2. The predicted octanol–water partition coefficient (Wildman–Crippen LogP) is 2.85. The number of carbonyl (C=O) groups is 3. The molecule has 3 N–H and O–H groups in total. The van der Waals surface area contributed by atoms with Crippen LogP contribution in [0.3, 0.4) is 0 Å². The summed E-state index contributed by atoms with van der Waals surface area (Å²) in [7, 11) is 2.35. The van der Waals surface area contributed by atoms with E-state index in [0.29, 0.717) is 11.3 Å². The van der Waals surface area contributed by atoms with Crippen LogP contribution >= 0.6 is 0 Å². The van der Waals surface area contributed by atoms with Crippen LogP contribution in [0.5, 0.6) is 0 Å². The minimum Gasteiger partial charge on any atom is -0.466 e. The van der Waals surface area contributed by atoms with Crippen LogP contribution in [0.15, 0.2) is 71.2 Å². The van der Waals surface area contributed by atoms with Crippen molar-refractivity contribution >= 4 is 29.2 Å². The van der Waals surface area contributed by atoms with Crippen LogP contribution in [0, 0.1) is 18.3 Å². The third-order valence-corrected chi connectivity index (χ3v) is 5.31. The number of methoxy groups -OCH3 is 2. The van der Waals surface area contributed by atoms with Crippen LogP contribution in [0.2, 0.25) is 0 Å². The average Bonchev–Trinajstić information content (AvgIpc) is 2.83. The number of allylic oxidation sites excluding steroid dienone is 1. The summed E-state index contributed by atoms with van der Waals surface area (Å²) in [6, 6.07) is 15.9. The number of benzene rings is 2. The molecule has 0 saturated heterocycles. The summed E-state index contributed by atoms with van der Waals surface area (Å²) in [5, 5.41) is 12.8. The van der Waals surface area contributed by atoms with Crippen molar-refractivity contribution in [3.8, 4) is 6.07 Å². The molecule has 1 amide bonds. The van der Waals surface area contributed by atoms with Crippen molar-refractivity contribution in [2.45, 2.75) is 19.8 Å². The molecule has 0 spiro atoms. The molecule has 0 aliphatic carbocycles. The van der Waals surface area contributed by atoms with Gasteiger partial charge in [-0.3, -0.25) is 9.69 Å². The minimum atomic E-state index is -0.973. The van der Waals surface area contributed by atoms with Gasteiger partial charge in [-0.25, -0.2) is 9.59 Å². The molecule has 9 nitrogen and oxygen atoms in total. The van der Waals surface area contributed by atoms with Crippen molar-refractivity contribution in [1.29, 1.82) is 5.26 Å². The van der Waals surface area contributed by atoms with Crippen molar-refractivity contribution in [2.24, 2.45) is 5.73 Å². The Balaban J connectivity index is 2.44. The Hall–Kier alpha value is -4.58. The maximum atomic E-state index is 13.1. The fraction of sp³-hybridized carbons (Fsp3) is 0.200. The quantitative estimate of drug-likeness (QED) is 0.651. The third kappa shape index (κ3) is 4.34. The molecule has 1 unspecified atom stereocenters. The Labute approximate surface area is 197 Å². The fourth-order valence-electron chi connectivity index (χ4n) is 3.90. The molecule has 0 radical (unpaired) electrons. The maximum absolute atomic E-state index is 13.1. The lowest BCUT2D eigenvalue weighted by Crippen LogP contribution is -2.41. The number of amides is 1. The summed E-state index contributed by atoms with van der Waals surface area (Å²) in [5.41, 5.74) is 8.20. The van der Waals surface area contributed by atoms with E-state index in [9.17, 15) is 19.6 Å². The molecule has 174 valence electrons. The number of aryl methyl sites for hydroxylation is 1. The van der Waals surface area contributed by atoms with E-state index < -0.39 is 17.9 Å². The second kappa shape index (κ2) is 9.92. The second-order valence-corrected chi connectivity index (χ2v) is 7.54. The first-order valence-corrected chi connectivity index (χ1v) is 10.3. The number of carbonyl (C=O) groups excluding carboxylic acids is 3. The number of rotatable bonds is 5. The predicted molar refractivity (Wildman–Crippen MR) is 125 cm³/mol. The zero-order chi connectivity index (χ0) is 25.0. The van der Waals surface area contributed by atoms with E-state index in [0.717, 1.165) is 5.56 Å². The summed E-state index contributed by atoms with van der Waals surface area (Å²) < 4.78 is 10.0. The first-order chi connectivity index (χ1) is 16.2. The van der Waals surface area contributed by atoms with Crippen molar-refractivity contribution in [3.05, 3.63) is 82.3 Å². The van der Waals surface area contributed by atoms with Crippen molar-refractivity contribution in [3.63, 3.8) is 0 Å². The fourth-order valence-corrected chi connectivity index (χ4v) is 3.90. The van der Waals surface area contributed by atoms with Crippen molar-refractivity contribution in [2.75, 3.05) is 24.4 Å². The van der Waals surface area contributed by atoms with E-state index >= 15 is 0 Å². The Morgan fingerprint density at radius 3 is 2.26 bits per heavy atom. The lowest BCUT2D eigenvalue weighted by atomic mass is 9.81. The van der Waals surface area contributed by atoms with E-state index in [4.69, 9.17) is 15.2 Å². The summed E-state index contributed by atoms with van der Waals surface area (Å²) in [4.78, 5) is 39.3. The molecule has 0 aromatic heterocycles. The highest BCUT2D eigenvalue weighted by atomic mass is 16.5. The lowest BCUT2D eigenvalue weighted by Gasteiger charge is -2.36. The maximum Gasteiger partial charge on any atom is 0.355 e. The van der Waals surface area contributed by atoms with Crippen LogP contribution in [-0.4, -0.2) is 32.1 Å². The summed E-state index contributed by atoms with van der Waals surface area (Å²) in [6.45, 7) is 3.16. The summed E-state index contributed by atoms with van der Waals surface area (Å²) >= 11 is 0. The Bertz CT molecular complexity index is 1260. The smallest absolute Gasteiger partial charge is 0.355 e. The van der Waals surface area contributed by atoms with Gasteiger partial charge in [0.2, 0.25) is 5.91 Å². The molecule has 1 heterocycles. The largest absolute Gasteiger partial charge is 0.466 e. The lowest BCUT2D eigenvalue weighted by molar-refractivity contribution is -0.139. The first-order valence-electron chi connectivity index (χ1n) is 10.3. The molecule has 2 aromatic carbocycles. The van der Waals surface area contributed by atoms with E-state index in [2.05, 4.69) is 11.4 Å². The molecule has 2 aromatic rings. The van der Waals surface area contributed by atoms with Gasteiger partial charge in [-0.1, -0.05) is 36.4 Å². The molecule has 1 atom stereocenters. The highest BCUT2D eigenvalue weighted by molar-refractivity contribution is 6.07. The summed E-state index contributed by atoms with van der Waals surface area (Å²) in [6.07, 6.45) is 0. The highest BCUT2D eigenvalue weighted by Crippen LogP contribution is 2.44. The number of nitrogens with one attached hydrogen (secondary N) is 1. The van der Waals surface area contributed by atoms with Gasteiger partial charge in [-0.05, 0) is 30.2 Å². The number of hydrogen-bond donors (Lipinski definition) is 2. The van der Waals surface area contributed by atoms with E-state index in [-0.39, 0.29) is 34.3 Å². The van der Waals surface area contributed by atoms with Crippen LogP contribution in [0.1, 0.15) is 24.0 Å². The van der Waals surface area contributed by atoms with Crippen LogP contribution < -0.4 is 16.0 Å². The molecule has 1 aliphatic rings. The molecule has 0 saturated carbocycles. The Morgan fingerprint density at radius 2 is 1.71 bits per heavy atom. The highest BCUT2D eigenvalue weighted by Gasteiger charge is 2.43. The molecule has 0 bridgehead atoms. The molecule has 9 heteroatoms. The number of nitrogens with two attached hydrogens (primary N) is 1. The topological polar surface area (TPSA) is 135 Å². The van der Waals surface area contributed by atoms with Gasteiger partial charge < -0.3 is 20.5 Å². The van der Waals surface area contributed by atoms with E-state index in [1.807, 2.05) is 6.92 Å². The number of ether oxygens (including phenoxy) is 2. The van der Waals surface area contributed by atoms with Crippen molar-refractivity contribution < 1.29 is 23.9 Å². The Kier molecular flexibility index (Phi) is 7.02. The number of nitrogens with zero attached hydrogens (tertiary/aromatic N) is 2. The number of hydrogen-bond acceptors (Lipinski definition) is 8. The van der Waals surface area contributed by atoms with Gasteiger partial charge in [-0.15, -0.1) is 0 Å². The van der Waals surface area contributed by atoms with Crippen LogP contribution in [-0.2, 0) is 23.9 Å². The van der Waals surface area contributed by atoms with Gasteiger partial charge in [0.15, 0.2) is 0 Å². The Morgan fingerprint density at radius 1 is 1.06 bits per heavy atom. The molecule has 1 aliphatic heterocycles. The van der Waals surface area contributed by atoms with Crippen LogP contribution in [0.25, 0.3) is 0 Å². The van der Waals surface area contributed by atoms with E-state index in [1.54, 1.807) is 48.5 Å². The number of esters is 2. The molecule has 3 rings (SSSR count). The van der Waals surface area contributed by atoms with Gasteiger partial charge in [0.1, 0.15) is 11.5 Å². The summed E-state index contributed by atoms with van der Waals surface area (Å²) in [5.74, 6) is -3.10. The number of nitriles is 1. The third-order valence-electron chi connectivity index (χ3n) is 5.31. The van der Waals surface area contributed by atoms with Gasteiger partial charge >= 0.3 is 11.9 Å². The van der Waals surface area contributed by atoms with Gasteiger partial charge in [0.25, 0.3) is 0 Å². The average molecular weight is 460 g/mol. The minimum absolute atomic E-state index is 0.0357. The van der Waals surface area contributed by atoms with Crippen molar-refractivity contribution in [1.82, 2.24) is 0 Å². The monoisotopic (exact) mass is 460 g/mol.